The lowest BCUT2D eigenvalue weighted by molar-refractivity contribution is 0.250. The van der Waals surface area contributed by atoms with E-state index in [4.69, 9.17) is 10.8 Å². The van der Waals surface area contributed by atoms with E-state index in [0.717, 1.165) is 18.5 Å². The highest BCUT2D eigenvalue weighted by atomic mass is 16.3. The van der Waals surface area contributed by atoms with Crippen LogP contribution in [0, 0.1) is 5.92 Å². The Labute approximate surface area is 104 Å². The zero-order chi connectivity index (χ0) is 12.5. The predicted octanol–water partition coefficient (Wildman–Crippen LogP) is 0.908. The highest BCUT2D eigenvalue weighted by molar-refractivity contribution is 5.81. The molecule has 2 atom stereocenters. The number of aliphatic hydroxyl groups is 1. The van der Waals surface area contributed by atoms with Crippen molar-refractivity contribution in [3.8, 4) is 0 Å². The first kappa shape index (κ1) is 11.2. The van der Waals surface area contributed by atoms with Crippen molar-refractivity contribution in [2.24, 2.45) is 5.92 Å². The molecule has 6 heteroatoms. The maximum Gasteiger partial charge on any atom is 0.165 e. The maximum atomic E-state index is 9.09. The van der Waals surface area contributed by atoms with Crippen molar-refractivity contribution in [3.05, 3.63) is 24.8 Å². The summed E-state index contributed by atoms with van der Waals surface area (Å²) >= 11 is 0. The van der Waals surface area contributed by atoms with Crippen LogP contribution in [0.3, 0.4) is 0 Å². The Morgan fingerprint density at radius 3 is 3.11 bits per heavy atom. The van der Waals surface area contributed by atoms with Crippen LogP contribution in [0.15, 0.2) is 24.8 Å². The number of rotatable bonds is 3. The molecule has 0 bridgehead atoms. The molecule has 2 heterocycles. The molecule has 0 fully saturated rings. The fraction of sp³-hybridized carbons (Fsp3) is 0.417. The van der Waals surface area contributed by atoms with Crippen molar-refractivity contribution in [2.75, 3.05) is 12.3 Å². The average molecular weight is 245 g/mol. The summed E-state index contributed by atoms with van der Waals surface area (Å²) in [4.78, 5) is 12.5. The molecule has 1 aliphatic rings. The van der Waals surface area contributed by atoms with Gasteiger partial charge in [-0.3, -0.25) is 0 Å². The predicted molar refractivity (Wildman–Crippen MR) is 67.7 cm³/mol. The minimum Gasteiger partial charge on any atom is -0.396 e. The van der Waals surface area contributed by atoms with E-state index < -0.39 is 0 Å². The van der Waals surface area contributed by atoms with Crippen LogP contribution >= 0.6 is 0 Å². The van der Waals surface area contributed by atoms with Gasteiger partial charge in [-0.2, -0.15) is 0 Å². The van der Waals surface area contributed by atoms with Gasteiger partial charge >= 0.3 is 0 Å². The number of imidazole rings is 1. The number of aromatic nitrogens is 4. The Bertz CT molecular complexity index is 591. The van der Waals surface area contributed by atoms with Crippen molar-refractivity contribution in [1.82, 2.24) is 19.5 Å². The van der Waals surface area contributed by atoms with Crippen molar-refractivity contribution >= 4 is 17.0 Å². The number of aliphatic hydroxyl groups excluding tert-OH is 1. The summed E-state index contributed by atoms with van der Waals surface area (Å²) in [5.74, 6) is 0.729. The third kappa shape index (κ3) is 1.65. The summed E-state index contributed by atoms with van der Waals surface area (Å²) < 4.78 is 2.04. The van der Waals surface area contributed by atoms with Crippen molar-refractivity contribution in [1.29, 1.82) is 0 Å². The van der Waals surface area contributed by atoms with Gasteiger partial charge in [0.1, 0.15) is 11.8 Å². The second-order valence-corrected chi connectivity index (χ2v) is 4.49. The summed E-state index contributed by atoms with van der Waals surface area (Å²) in [6.07, 6.45) is 9.19. The van der Waals surface area contributed by atoms with Crippen molar-refractivity contribution < 1.29 is 5.11 Å². The van der Waals surface area contributed by atoms with Gasteiger partial charge in [-0.1, -0.05) is 12.2 Å². The van der Waals surface area contributed by atoms with E-state index in [0.29, 0.717) is 17.3 Å². The Balaban J connectivity index is 2.02. The Morgan fingerprint density at radius 2 is 2.28 bits per heavy atom. The zero-order valence-corrected chi connectivity index (χ0v) is 9.90. The zero-order valence-electron chi connectivity index (χ0n) is 9.90. The normalized spacial score (nSPS) is 22.9. The molecule has 0 aliphatic heterocycles. The highest BCUT2D eigenvalue weighted by Gasteiger charge is 2.25. The smallest absolute Gasteiger partial charge is 0.165 e. The van der Waals surface area contributed by atoms with Crippen LogP contribution in [0.4, 0.5) is 5.82 Å². The molecule has 0 radical (unpaired) electrons. The van der Waals surface area contributed by atoms with Gasteiger partial charge in [-0.05, 0) is 12.8 Å². The van der Waals surface area contributed by atoms with Gasteiger partial charge in [-0.25, -0.2) is 15.0 Å². The van der Waals surface area contributed by atoms with Crippen LogP contribution in [0.25, 0.3) is 11.2 Å². The van der Waals surface area contributed by atoms with Crippen LogP contribution in [-0.4, -0.2) is 31.2 Å². The molecule has 0 amide bonds. The number of nitrogens with zero attached hydrogens (tertiary/aromatic N) is 4. The van der Waals surface area contributed by atoms with Crippen LogP contribution in [0.1, 0.15) is 18.9 Å². The highest BCUT2D eigenvalue weighted by Crippen LogP contribution is 2.34. The molecule has 18 heavy (non-hydrogen) atoms. The lowest BCUT2D eigenvalue weighted by atomic mass is 10.00. The van der Waals surface area contributed by atoms with Gasteiger partial charge < -0.3 is 15.4 Å². The second kappa shape index (κ2) is 4.38. The van der Waals surface area contributed by atoms with Crippen LogP contribution in [0.5, 0.6) is 0 Å². The molecule has 0 spiro atoms. The average Bonchev–Trinajstić information content (AvgIpc) is 2.96. The van der Waals surface area contributed by atoms with E-state index in [-0.39, 0.29) is 12.6 Å². The topological polar surface area (TPSA) is 89.9 Å². The van der Waals surface area contributed by atoms with Gasteiger partial charge in [0, 0.05) is 18.6 Å². The molecule has 0 aromatic carbocycles. The standard InChI is InChI=1S/C12H15N5O/c13-11-10-12(15-6-14-11)17(7-16-10)9-3-1-2-8(9)4-5-18/h1-2,6-9,18H,3-5H2,(H2,13,14,15)/t8-,9-/m0/s1. The Hall–Kier alpha value is -1.95. The third-order valence-corrected chi connectivity index (χ3v) is 3.46. The molecule has 0 saturated heterocycles. The molecular weight excluding hydrogens is 230 g/mol. The van der Waals surface area contributed by atoms with Gasteiger partial charge in [0.15, 0.2) is 11.5 Å². The molecule has 1 aliphatic carbocycles. The van der Waals surface area contributed by atoms with Gasteiger partial charge in [0.05, 0.1) is 6.33 Å². The van der Waals surface area contributed by atoms with Gasteiger partial charge in [-0.15, -0.1) is 0 Å². The molecule has 6 nitrogen and oxygen atoms in total. The fourth-order valence-electron chi connectivity index (χ4n) is 2.57. The number of nitrogens with two attached hydrogens (primary N) is 1. The van der Waals surface area contributed by atoms with Crippen molar-refractivity contribution in [2.45, 2.75) is 18.9 Å². The number of nitrogen functional groups attached to an aromatic ring is 1. The van der Waals surface area contributed by atoms with Gasteiger partial charge in [0.25, 0.3) is 0 Å². The first-order valence-electron chi connectivity index (χ1n) is 6.02. The lowest BCUT2D eigenvalue weighted by Gasteiger charge is -2.20. The van der Waals surface area contributed by atoms with Crippen LogP contribution in [0.2, 0.25) is 0 Å². The summed E-state index contributed by atoms with van der Waals surface area (Å²) in [6, 6.07) is 0.261. The lowest BCUT2D eigenvalue weighted by Crippen LogP contribution is -2.15. The number of fused-ring (bicyclic) bond motifs is 1. The van der Waals surface area contributed by atoms with E-state index >= 15 is 0 Å². The Kier molecular flexibility index (Phi) is 2.71. The second-order valence-electron chi connectivity index (χ2n) is 4.49. The van der Waals surface area contributed by atoms with E-state index in [1.165, 1.54) is 6.33 Å². The third-order valence-electron chi connectivity index (χ3n) is 3.46. The molecule has 0 saturated carbocycles. The minimum absolute atomic E-state index is 0.190. The molecule has 3 rings (SSSR count). The first-order valence-corrected chi connectivity index (χ1v) is 6.02. The summed E-state index contributed by atoms with van der Waals surface area (Å²) in [5, 5.41) is 9.09. The number of hydrogen-bond acceptors (Lipinski definition) is 5. The van der Waals surface area contributed by atoms with Crippen LogP contribution in [-0.2, 0) is 0 Å². The quantitative estimate of drug-likeness (QED) is 0.784. The fourth-order valence-corrected chi connectivity index (χ4v) is 2.57. The molecule has 2 aromatic rings. The summed E-state index contributed by atoms with van der Waals surface area (Å²) in [7, 11) is 0. The number of anilines is 1. The molecule has 3 N–H and O–H groups in total. The first-order chi connectivity index (χ1) is 8.81. The maximum absolute atomic E-state index is 9.09. The molecule has 2 aromatic heterocycles. The molecule has 94 valence electrons. The van der Waals surface area contributed by atoms with Crippen LogP contribution < -0.4 is 5.73 Å². The van der Waals surface area contributed by atoms with E-state index in [9.17, 15) is 0 Å². The monoisotopic (exact) mass is 245 g/mol. The van der Waals surface area contributed by atoms with E-state index in [2.05, 4.69) is 27.1 Å². The summed E-state index contributed by atoms with van der Waals surface area (Å²) in [6.45, 7) is 0.190. The van der Waals surface area contributed by atoms with Crippen molar-refractivity contribution in [3.63, 3.8) is 0 Å². The summed E-state index contributed by atoms with van der Waals surface area (Å²) in [5.41, 5.74) is 7.19. The van der Waals surface area contributed by atoms with E-state index in [1.807, 2.05) is 4.57 Å². The van der Waals surface area contributed by atoms with Gasteiger partial charge in [0.2, 0.25) is 0 Å². The minimum atomic E-state index is 0.190. The van der Waals surface area contributed by atoms with E-state index in [1.54, 1.807) is 6.33 Å². The number of allylic oxidation sites excluding steroid dienone is 2. The largest absolute Gasteiger partial charge is 0.396 e. The SMILES string of the molecule is Nc1ncnc2c1ncn2[C@H]1CC=C[C@H]1CCO. The number of hydrogen-bond donors (Lipinski definition) is 2. The molecule has 0 unspecified atom stereocenters. The molecular formula is C12H15N5O. The Morgan fingerprint density at radius 1 is 1.39 bits per heavy atom.